The van der Waals surface area contributed by atoms with E-state index in [2.05, 4.69) is 26.1 Å². The van der Waals surface area contributed by atoms with Gasteiger partial charge in [-0.15, -0.1) is 0 Å². The van der Waals surface area contributed by atoms with Crippen molar-refractivity contribution in [1.82, 2.24) is 5.32 Å². The van der Waals surface area contributed by atoms with Crippen molar-refractivity contribution in [2.24, 2.45) is 0 Å². The predicted octanol–water partition coefficient (Wildman–Crippen LogP) is 1.35. The number of rotatable bonds is 2. The topological polar surface area (TPSA) is 12.0 Å². The molecule has 8 heavy (non-hydrogen) atoms. The zero-order valence-electron chi connectivity index (χ0n) is 5.70. The van der Waals surface area contributed by atoms with Crippen LogP contribution in [-0.2, 0) is 0 Å². The van der Waals surface area contributed by atoms with E-state index in [-0.39, 0.29) is 5.54 Å². The van der Waals surface area contributed by atoms with Crippen molar-refractivity contribution in [1.29, 1.82) is 0 Å². The molecule has 1 rings (SSSR count). The molecule has 0 saturated heterocycles. The van der Waals surface area contributed by atoms with Gasteiger partial charge in [-0.2, -0.15) is 0 Å². The molecule has 0 aromatic carbocycles. The molecule has 1 radical (unpaired) electrons. The fourth-order valence-electron chi connectivity index (χ4n) is 0.780. The molecule has 0 amide bonds. The Labute approximate surface area is 51.5 Å². The monoisotopic (exact) mass is 112 g/mol. The lowest BCUT2D eigenvalue weighted by Gasteiger charge is -2.19. The molecule has 47 valence electrons. The Balaban J connectivity index is 2.16. The molecule has 0 heterocycles. The molecule has 0 aliphatic heterocycles. The van der Waals surface area contributed by atoms with Crippen LogP contribution >= 0.6 is 0 Å². The molecule has 1 aliphatic rings. The van der Waals surface area contributed by atoms with E-state index >= 15 is 0 Å². The van der Waals surface area contributed by atoms with E-state index in [4.69, 9.17) is 0 Å². The highest BCUT2D eigenvalue weighted by Gasteiger charge is 2.25. The van der Waals surface area contributed by atoms with Gasteiger partial charge < -0.3 is 5.32 Å². The third kappa shape index (κ3) is 2.31. The van der Waals surface area contributed by atoms with E-state index in [9.17, 15) is 0 Å². The molecule has 1 nitrogen and oxygen atoms in total. The molecule has 0 atom stereocenters. The van der Waals surface area contributed by atoms with Crippen LogP contribution in [0.25, 0.3) is 0 Å². The molecule has 1 N–H and O–H groups in total. The zero-order chi connectivity index (χ0) is 6.20. The lowest BCUT2D eigenvalue weighted by molar-refractivity contribution is 0.468. The first kappa shape index (κ1) is 6.09. The molecule has 0 bridgehead atoms. The zero-order valence-corrected chi connectivity index (χ0v) is 5.70. The van der Waals surface area contributed by atoms with Crippen LogP contribution in [0.1, 0.15) is 26.7 Å². The Morgan fingerprint density at radius 3 is 2.12 bits per heavy atom. The minimum absolute atomic E-state index is 0.0845. The summed E-state index contributed by atoms with van der Waals surface area (Å²) in [5, 5.41) is 3.38. The van der Waals surface area contributed by atoms with Crippen LogP contribution in [0.5, 0.6) is 0 Å². The predicted molar refractivity (Wildman–Crippen MR) is 35.6 cm³/mol. The van der Waals surface area contributed by atoms with Gasteiger partial charge in [-0.3, -0.25) is 0 Å². The van der Waals surface area contributed by atoms with Gasteiger partial charge >= 0.3 is 0 Å². The first-order chi connectivity index (χ1) is 3.58. The summed E-state index contributed by atoms with van der Waals surface area (Å²) in [6.07, 6.45) is 2.69. The molecule has 1 fully saturated rings. The van der Waals surface area contributed by atoms with Gasteiger partial charge in [0.05, 0.1) is 0 Å². The van der Waals surface area contributed by atoms with Gasteiger partial charge in [0.2, 0.25) is 0 Å². The first-order valence-corrected chi connectivity index (χ1v) is 3.21. The second kappa shape index (κ2) is 1.73. The van der Waals surface area contributed by atoms with Crippen molar-refractivity contribution in [3.8, 4) is 0 Å². The van der Waals surface area contributed by atoms with Crippen molar-refractivity contribution in [2.75, 3.05) is 0 Å². The van der Waals surface area contributed by atoms with Crippen LogP contribution in [0.3, 0.4) is 0 Å². The molecule has 1 heteroatoms. The maximum absolute atomic E-state index is 3.94. The fraction of sp³-hybridized carbons (Fsp3) is 0.857. The van der Waals surface area contributed by atoms with Crippen molar-refractivity contribution in [3.63, 3.8) is 0 Å². The van der Waals surface area contributed by atoms with Crippen molar-refractivity contribution < 1.29 is 0 Å². The van der Waals surface area contributed by atoms with E-state index in [1.54, 1.807) is 0 Å². The summed E-state index contributed by atoms with van der Waals surface area (Å²) in [6, 6.07) is 0.780. The molecule has 0 unspecified atom stereocenters. The van der Waals surface area contributed by atoms with Gasteiger partial charge in [0, 0.05) is 11.6 Å². The van der Waals surface area contributed by atoms with Gasteiger partial charge in [-0.05, 0) is 33.6 Å². The molecule has 1 aliphatic carbocycles. The standard InChI is InChI=1S/C7H14N/c1-7(2,3)8-6-4-5-6/h6,8H,1,4-5H2,2-3H3. The molecule has 1 saturated carbocycles. The van der Waals surface area contributed by atoms with Gasteiger partial charge in [0.25, 0.3) is 0 Å². The molecular weight excluding hydrogens is 98.1 g/mol. The Morgan fingerprint density at radius 2 is 2.00 bits per heavy atom. The Kier molecular flexibility index (Phi) is 1.31. The van der Waals surface area contributed by atoms with Crippen LogP contribution in [0.2, 0.25) is 0 Å². The molecule has 0 spiro atoms. The summed E-state index contributed by atoms with van der Waals surface area (Å²) in [6.45, 7) is 8.14. The highest BCUT2D eigenvalue weighted by atomic mass is 15.0. The van der Waals surface area contributed by atoms with Crippen LogP contribution in [0.15, 0.2) is 0 Å². The second-order valence-corrected chi connectivity index (χ2v) is 3.30. The van der Waals surface area contributed by atoms with E-state index in [1.165, 1.54) is 12.8 Å². The molecule has 0 aromatic rings. The summed E-state index contributed by atoms with van der Waals surface area (Å²) in [4.78, 5) is 0. The van der Waals surface area contributed by atoms with Crippen molar-refractivity contribution >= 4 is 0 Å². The van der Waals surface area contributed by atoms with Gasteiger partial charge in [0.15, 0.2) is 0 Å². The average molecular weight is 112 g/mol. The Hall–Kier alpha value is -0.0400. The summed E-state index contributed by atoms with van der Waals surface area (Å²) in [5.74, 6) is 0. The highest BCUT2D eigenvalue weighted by molar-refractivity contribution is 4.90. The van der Waals surface area contributed by atoms with Gasteiger partial charge in [-0.25, -0.2) is 0 Å². The third-order valence-electron chi connectivity index (χ3n) is 1.17. The lowest BCUT2D eigenvalue weighted by atomic mass is 10.1. The SMILES string of the molecule is [CH2]C(C)(C)NC1CC1. The lowest BCUT2D eigenvalue weighted by Crippen LogP contribution is -2.37. The Morgan fingerprint density at radius 1 is 1.50 bits per heavy atom. The quantitative estimate of drug-likeness (QED) is 0.568. The van der Waals surface area contributed by atoms with Gasteiger partial charge in [-0.1, -0.05) is 0 Å². The highest BCUT2D eigenvalue weighted by Crippen LogP contribution is 2.21. The van der Waals surface area contributed by atoms with Crippen LogP contribution in [0, 0.1) is 6.92 Å². The minimum Gasteiger partial charge on any atom is -0.309 e. The minimum atomic E-state index is 0.0845. The summed E-state index contributed by atoms with van der Waals surface area (Å²) < 4.78 is 0. The van der Waals surface area contributed by atoms with Crippen LogP contribution < -0.4 is 5.32 Å². The largest absolute Gasteiger partial charge is 0.309 e. The van der Waals surface area contributed by atoms with Crippen LogP contribution in [0.4, 0.5) is 0 Å². The maximum atomic E-state index is 3.94. The second-order valence-electron chi connectivity index (χ2n) is 3.30. The normalized spacial score (nSPS) is 21.4. The summed E-state index contributed by atoms with van der Waals surface area (Å²) in [5.41, 5.74) is 0.0845. The summed E-state index contributed by atoms with van der Waals surface area (Å²) >= 11 is 0. The number of hydrogen-bond donors (Lipinski definition) is 1. The van der Waals surface area contributed by atoms with Crippen LogP contribution in [-0.4, -0.2) is 11.6 Å². The van der Waals surface area contributed by atoms with Crippen molar-refractivity contribution in [2.45, 2.75) is 38.3 Å². The van der Waals surface area contributed by atoms with E-state index in [1.807, 2.05) is 0 Å². The van der Waals surface area contributed by atoms with E-state index in [0.717, 1.165) is 6.04 Å². The number of nitrogens with one attached hydrogen (secondary N) is 1. The number of hydrogen-bond acceptors (Lipinski definition) is 1. The molecular formula is C7H14N. The molecule has 0 aromatic heterocycles. The van der Waals surface area contributed by atoms with E-state index in [0.29, 0.717) is 0 Å². The summed E-state index contributed by atoms with van der Waals surface area (Å²) in [7, 11) is 0. The Bertz CT molecular complexity index is 76.9. The average Bonchev–Trinajstić information content (AvgIpc) is 2.12. The van der Waals surface area contributed by atoms with E-state index < -0.39 is 0 Å². The van der Waals surface area contributed by atoms with Gasteiger partial charge in [0.1, 0.15) is 0 Å². The first-order valence-electron chi connectivity index (χ1n) is 3.21. The van der Waals surface area contributed by atoms with Crippen molar-refractivity contribution in [3.05, 3.63) is 6.92 Å². The third-order valence-corrected chi connectivity index (χ3v) is 1.17. The maximum Gasteiger partial charge on any atom is 0.0128 e. The fourth-order valence-corrected chi connectivity index (χ4v) is 0.780. The smallest absolute Gasteiger partial charge is 0.0128 e.